The number of nitrogens with one attached hydrogen (secondary N) is 2. The fourth-order valence-corrected chi connectivity index (χ4v) is 2.87. The molecule has 1 aliphatic carbocycles. The summed E-state index contributed by atoms with van der Waals surface area (Å²) in [5.74, 6) is -0.258. The average Bonchev–Trinajstić information content (AvgIpc) is 3.31. The second kappa shape index (κ2) is 6.38. The molecule has 0 heterocycles. The van der Waals surface area contributed by atoms with Gasteiger partial charge in [-0.25, -0.2) is 9.18 Å². The highest BCUT2D eigenvalue weighted by atomic mass is 35.5. The Morgan fingerprint density at radius 1 is 1.13 bits per heavy atom. The Labute approximate surface area is 143 Å². The number of hydrogen-bond acceptors (Lipinski definition) is 1. The van der Waals surface area contributed by atoms with Crippen molar-refractivity contribution >= 4 is 34.9 Å². The molecule has 2 aromatic rings. The van der Waals surface area contributed by atoms with Crippen LogP contribution in [0.3, 0.4) is 0 Å². The van der Waals surface area contributed by atoms with Gasteiger partial charge in [-0.1, -0.05) is 35.3 Å². The summed E-state index contributed by atoms with van der Waals surface area (Å²) in [5, 5.41) is 6.45. The smallest absolute Gasteiger partial charge is 0.319 e. The van der Waals surface area contributed by atoms with Gasteiger partial charge in [0.25, 0.3) is 0 Å². The quantitative estimate of drug-likeness (QED) is 0.799. The molecule has 1 fully saturated rings. The van der Waals surface area contributed by atoms with Crippen LogP contribution < -0.4 is 10.6 Å². The molecule has 0 saturated heterocycles. The molecule has 2 N–H and O–H groups in total. The first kappa shape index (κ1) is 16.1. The Balaban J connectivity index is 1.61. The number of rotatable bonds is 4. The second-order valence-electron chi connectivity index (χ2n) is 5.72. The summed E-state index contributed by atoms with van der Waals surface area (Å²) < 4.78 is 13.0. The summed E-state index contributed by atoms with van der Waals surface area (Å²) in [5.41, 5.74) is 1.41. The van der Waals surface area contributed by atoms with E-state index in [2.05, 4.69) is 10.6 Å². The normalized spacial score (nSPS) is 15.1. The average molecular weight is 353 g/mol. The van der Waals surface area contributed by atoms with Crippen LogP contribution in [0.2, 0.25) is 10.0 Å². The van der Waals surface area contributed by atoms with E-state index in [4.69, 9.17) is 23.2 Å². The van der Waals surface area contributed by atoms with Gasteiger partial charge in [-0.3, -0.25) is 0 Å². The van der Waals surface area contributed by atoms with Crippen molar-refractivity contribution in [3.8, 4) is 0 Å². The number of urea groups is 1. The minimum atomic E-state index is -0.345. The fraction of sp³-hybridized carbons (Fsp3) is 0.235. The van der Waals surface area contributed by atoms with E-state index in [-0.39, 0.29) is 17.3 Å². The van der Waals surface area contributed by atoms with E-state index < -0.39 is 0 Å². The van der Waals surface area contributed by atoms with Crippen LogP contribution in [0.5, 0.6) is 0 Å². The number of carbonyl (C=O) groups excluding carboxylic acids is 1. The van der Waals surface area contributed by atoms with Gasteiger partial charge in [0.05, 0.1) is 10.7 Å². The lowest BCUT2D eigenvalue weighted by molar-refractivity contribution is 0.251. The number of anilines is 1. The van der Waals surface area contributed by atoms with E-state index in [1.165, 1.54) is 12.1 Å². The summed E-state index contributed by atoms with van der Waals surface area (Å²) in [7, 11) is 0. The third-order valence-electron chi connectivity index (χ3n) is 4.07. The number of carbonyl (C=O) groups is 1. The summed E-state index contributed by atoms with van der Waals surface area (Å²) >= 11 is 11.9. The van der Waals surface area contributed by atoms with Gasteiger partial charge in [-0.2, -0.15) is 0 Å². The van der Waals surface area contributed by atoms with Crippen molar-refractivity contribution in [3.05, 3.63) is 63.9 Å². The zero-order valence-corrected chi connectivity index (χ0v) is 13.7. The number of hydrogen-bond donors (Lipinski definition) is 2. The molecule has 120 valence electrons. The molecule has 2 amide bonds. The van der Waals surface area contributed by atoms with Gasteiger partial charge in [-0.05, 0) is 48.7 Å². The summed E-state index contributed by atoms with van der Waals surface area (Å²) in [6.45, 7) is 0.489. The Bertz CT molecular complexity index is 730. The Kier molecular flexibility index (Phi) is 4.46. The van der Waals surface area contributed by atoms with E-state index in [1.807, 2.05) is 0 Å². The van der Waals surface area contributed by atoms with Gasteiger partial charge >= 0.3 is 6.03 Å². The first-order valence-electron chi connectivity index (χ1n) is 7.24. The van der Waals surface area contributed by atoms with Crippen LogP contribution >= 0.6 is 23.2 Å². The van der Waals surface area contributed by atoms with Crippen molar-refractivity contribution in [3.63, 3.8) is 0 Å². The lowest BCUT2D eigenvalue weighted by Crippen LogP contribution is -2.35. The maximum atomic E-state index is 13.0. The number of benzene rings is 2. The predicted octanol–water partition coefficient (Wildman–Crippen LogP) is 4.99. The van der Waals surface area contributed by atoms with E-state index in [9.17, 15) is 9.18 Å². The second-order valence-corrected chi connectivity index (χ2v) is 6.56. The van der Waals surface area contributed by atoms with Crippen molar-refractivity contribution in [2.75, 3.05) is 11.9 Å². The molecule has 1 saturated carbocycles. The Hall–Kier alpha value is -1.78. The molecule has 3 nitrogen and oxygen atoms in total. The maximum Gasteiger partial charge on any atom is 0.319 e. The predicted molar refractivity (Wildman–Crippen MR) is 90.8 cm³/mol. The van der Waals surface area contributed by atoms with Crippen LogP contribution in [0.25, 0.3) is 0 Å². The summed E-state index contributed by atoms with van der Waals surface area (Å²) in [6, 6.07) is 11.0. The van der Waals surface area contributed by atoms with Crippen molar-refractivity contribution < 1.29 is 9.18 Å². The van der Waals surface area contributed by atoms with E-state index in [1.54, 1.807) is 30.3 Å². The van der Waals surface area contributed by atoms with Crippen LogP contribution in [0.1, 0.15) is 18.4 Å². The molecular formula is C17H15Cl2FN2O. The highest BCUT2D eigenvalue weighted by Crippen LogP contribution is 2.47. The molecule has 1 aliphatic rings. The van der Waals surface area contributed by atoms with Crippen molar-refractivity contribution in [1.29, 1.82) is 0 Å². The Morgan fingerprint density at radius 2 is 1.83 bits per heavy atom. The van der Waals surface area contributed by atoms with Crippen LogP contribution in [0, 0.1) is 5.82 Å². The van der Waals surface area contributed by atoms with Gasteiger partial charge in [0, 0.05) is 17.0 Å². The third-order valence-corrected chi connectivity index (χ3v) is 4.64. The molecule has 3 rings (SSSR count). The third kappa shape index (κ3) is 3.77. The molecule has 23 heavy (non-hydrogen) atoms. The van der Waals surface area contributed by atoms with Crippen LogP contribution in [0.15, 0.2) is 42.5 Å². The zero-order valence-electron chi connectivity index (χ0n) is 12.2. The van der Waals surface area contributed by atoms with Crippen molar-refractivity contribution in [1.82, 2.24) is 5.32 Å². The topological polar surface area (TPSA) is 41.1 Å². The highest BCUT2D eigenvalue weighted by molar-refractivity contribution is 6.35. The largest absolute Gasteiger partial charge is 0.337 e. The summed E-state index contributed by atoms with van der Waals surface area (Å²) in [6.07, 6.45) is 1.94. The first-order valence-corrected chi connectivity index (χ1v) is 8.00. The summed E-state index contributed by atoms with van der Waals surface area (Å²) in [4.78, 5) is 12.1. The van der Waals surface area contributed by atoms with Gasteiger partial charge in [0.15, 0.2) is 0 Å². The fourth-order valence-electron chi connectivity index (χ4n) is 2.53. The van der Waals surface area contributed by atoms with Crippen molar-refractivity contribution in [2.24, 2.45) is 0 Å². The SMILES string of the molecule is O=C(NCC1(c2ccc(F)cc2)CC1)Nc1cc(Cl)ccc1Cl. The first-order chi connectivity index (χ1) is 11.0. The zero-order chi connectivity index (χ0) is 16.4. The standard InChI is InChI=1S/C17H15Cl2FN2O/c18-12-3-6-14(19)15(9-12)22-16(23)21-10-17(7-8-17)11-1-4-13(20)5-2-11/h1-6,9H,7-8,10H2,(H2,21,22,23). The number of amides is 2. The molecule has 0 aromatic heterocycles. The molecule has 0 unspecified atom stereocenters. The van der Waals surface area contributed by atoms with Crippen LogP contribution in [-0.4, -0.2) is 12.6 Å². The minimum Gasteiger partial charge on any atom is -0.337 e. The van der Waals surface area contributed by atoms with E-state index >= 15 is 0 Å². The van der Waals surface area contributed by atoms with Crippen LogP contribution in [0.4, 0.5) is 14.9 Å². The van der Waals surface area contributed by atoms with Crippen LogP contribution in [-0.2, 0) is 5.41 Å². The molecular weight excluding hydrogens is 338 g/mol. The number of halogens is 3. The minimum absolute atomic E-state index is 0.0941. The monoisotopic (exact) mass is 352 g/mol. The molecule has 6 heteroatoms. The highest BCUT2D eigenvalue weighted by Gasteiger charge is 2.44. The molecule has 0 aliphatic heterocycles. The molecule has 0 bridgehead atoms. The van der Waals surface area contributed by atoms with Gasteiger partial charge in [-0.15, -0.1) is 0 Å². The van der Waals surface area contributed by atoms with E-state index in [0.717, 1.165) is 18.4 Å². The molecule has 0 radical (unpaired) electrons. The van der Waals surface area contributed by atoms with Gasteiger partial charge in [0.1, 0.15) is 5.82 Å². The van der Waals surface area contributed by atoms with E-state index in [0.29, 0.717) is 22.3 Å². The lowest BCUT2D eigenvalue weighted by Gasteiger charge is -2.17. The lowest BCUT2D eigenvalue weighted by atomic mass is 9.96. The Morgan fingerprint density at radius 3 is 2.48 bits per heavy atom. The van der Waals surface area contributed by atoms with Gasteiger partial charge in [0.2, 0.25) is 0 Å². The van der Waals surface area contributed by atoms with Gasteiger partial charge < -0.3 is 10.6 Å². The molecule has 0 atom stereocenters. The molecule has 0 spiro atoms. The molecule has 2 aromatic carbocycles. The van der Waals surface area contributed by atoms with Crippen molar-refractivity contribution in [2.45, 2.75) is 18.3 Å². The maximum absolute atomic E-state index is 13.0.